The molecule has 1 N–H and O–H groups in total. The Morgan fingerprint density at radius 3 is 3.00 bits per heavy atom. The summed E-state index contributed by atoms with van der Waals surface area (Å²) in [5, 5.41) is 11.5. The third-order valence-corrected chi connectivity index (χ3v) is 4.43. The number of hydrogen-bond acceptors (Lipinski definition) is 6. The number of hydrogen-bond donors (Lipinski definition) is 1. The van der Waals surface area contributed by atoms with Crippen LogP contribution in [0.15, 0.2) is 45.9 Å². The van der Waals surface area contributed by atoms with Crippen molar-refractivity contribution in [2.75, 3.05) is 5.75 Å². The number of carboxylic acid groups (broad SMARTS) is 1. The van der Waals surface area contributed by atoms with Crippen molar-refractivity contribution in [3.63, 3.8) is 0 Å². The number of thioether (sulfide) groups is 1. The number of aromatic nitrogens is 3. The zero-order valence-electron chi connectivity index (χ0n) is 10.6. The Balaban J connectivity index is 2.23. The molecule has 0 amide bonds. The maximum absolute atomic E-state index is 12.6. The van der Waals surface area contributed by atoms with Crippen molar-refractivity contribution in [2.45, 2.75) is 5.16 Å². The zero-order valence-corrected chi connectivity index (χ0v) is 12.2. The van der Waals surface area contributed by atoms with Crippen LogP contribution < -0.4 is 5.56 Å². The maximum Gasteiger partial charge on any atom is 0.313 e. The predicted molar refractivity (Wildman–Crippen MR) is 81.4 cm³/mol. The topological polar surface area (TPSA) is 85.1 Å². The van der Waals surface area contributed by atoms with Crippen molar-refractivity contribution in [2.24, 2.45) is 0 Å². The fourth-order valence-electron chi connectivity index (χ4n) is 1.83. The van der Waals surface area contributed by atoms with Gasteiger partial charge in [0.2, 0.25) is 0 Å². The van der Waals surface area contributed by atoms with Crippen LogP contribution in [0.1, 0.15) is 0 Å². The highest BCUT2D eigenvalue weighted by atomic mass is 32.2. The smallest absolute Gasteiger partial charge is 0.313 e. The molecule has 0 fully saturated rings. The molecule has 6 nitrogen and oxygen atoms in total. The van der Waals surface area contributed by atoms with E-state index in [0.29, 0.717) is 21.1 Å². The van der Waals surface area contributed by atoms with Gasteiger partial charge in [-0.05, 0) is 23.6 Å². The molecule has 3 rings (SSSR count). The molecular formula is C13H9N3O3S2. The summed E-state index contributed by atoms with van der Waals surface area (Å²) >= 11 is 2.37. The maximum atomic E-state index is 12.6. The second kappa shape index (κ2) is 5.66. The normalized spacial score (nSPS) is 10.9. The Morgan fingerprint density at radius 1 is 1.43 bits per heavy atom. The van der Waals surface area contributed by atoms with Gasteiger partial charge in [-0.25, -0.2) is 4.98 Å². The average molecular weight is 319 g/mol. The molecule has 106 valence electrons. The van der Waals surface area contributed by atoms with Crippen LogP contribution in [-0.4, -0.2) is 31.4 Å². The molecule has 21 heavy (non-hydrogen) atoms. The number of nitrogens with zero attached hydrogens (tertiary/aromatic N) is 3. The third-order valence-electron chi connectivity index (χ3n) is 2.70. The van der Waals surface area contributed by atoms with Crippen molar-refractivity contribution in [1.29, 1.82) is 0 Å². The quantitative estimate of drug-likeness (QED) is 0.585. The standard InChI is InChI=1S/C13H9N3O3S2/c17-10(18)7-21-13-15-11-9(3-5-20-11)12(19)16(13)8-2-1-4-14-6-8/h1-6H,7H2,(H,17,18). The van der Waals surface area contributed by atoms with E-state index in [-0.39, 0.29) is 11.3 Å². The molecule has 0 aromatic carbocycles. The Hall–Kier alpha value is -2.19. The highest BCUT2D eigenvalue weighted by molar-refractivity contribution is 7.99. The molecule has 3 aromatic heterocycles. The van der Waals surface area contributed by atoms with Crippen LogP contribution in [0.25, 0.3) is 15.9 Å². The van der Waals surface area contributed by atoms with Crippen LogP contribution in [-0.2, 0) is 4.79 Å². The predicted octanol–water partition coefficient (Wildman–Crippen LogP) is 2.02. The van der Waals surface area contributed by atoms with Crippen LogP contribution in [0.5, 0.6) is 0 Å². The number of pyridine rings is 1. The van der Waals surface area contributed by atoms with E-state index < -0.39 is 5.97 Å². The number of rotatable bonds is 4. The zero-order chi connectivity index (χ0) is 14.8. The first-order chi connectivity index (χ1) is 10.2. The average Bonchev–Trinajstić information content (AvgIpc) is 2.95. The van der Waals surface area contributed by atoms with E-state index in [1.807, 2.05) is 0 Å². The van der Waals surface area contributed by atoms with Crippen molar-refractivity contribution >= 4 is 39.3 Å². The molecule has 0 saturated heterocycles. The van der Waals surface area contributed by atoms with Gasteiger partial charge in [0.15, 0.2) is 5.16 Å². The molecule has 0 aliphatic heterocycles. The Labute approximate surface area is 127 Å². The SMILES string of the molecule is O=C(O)CSc1nc2sccc2c(=O)n1-c1cccnc1. The lowest BCUT2D eigenvalue weighted by Crippen LogP contribution is -2.21. The van der Waals surface area contributed by atoms with Gasteiger partial charge in [-0.2, -0.15) is 0 Å². The van der Waals surface area contributed by atoms with Crippen molar-refractivity contribution in [3.8, 4) is 5.69 Å². The van der Waals surface area contributed by atoms with E-state index in [2.05, 4.69) is 9.97 Å². The van der Waals surface area contributed by atoms with Crippen molar-refractivity contribution in [1.82, 2.24) is 14.5 Å². The minimum Gasteiger partial charge on any atom is -0.481 e. The number of carboxylic acids is 1. The molecule has 0 bridgehead atoms. The van der Waals surface area contributed by atoms with Gasteiger partial charge in [0.25, 0.3) is 5.56 Å². The Kier molecular flexibility index (Phi) is 3.72. The van der Waals surface area contributed by atoms with Gasteiger partial charge in [-0.15, -0.1) is 11.3 Å². The number of aliphatic carboxylic acids is 1. The van der Waals surface area contributed by atoms with E-state index in [1.165, 1.54) is 15.9 Å². The van der Waals surface area contributed by atoms with Gasteiger partial charge < -0.3 is 5.11 Å². The summed E-state index contributed by atoms with van der Waals surface area (Å²) in [4.78, 5) is 32.4. The molecule has 0 radical (unpaired) electrons. The lowest BCUT2D eigenvalue weighted by molar-refractivity contribution is -0.133. The third kappa shape index (κ3) is 2.67. The molecule has 0 aliphatic rings. The van der Waals surface area contributed by atoms with Crippen molar-refractivity contribution in [3.05, 3.63) is 46.3 Å². The van der Waals surface area contributed by atoms with Crippen LogP contribution in [0.4, 0.5) is 0 Å². The second-order valence-corrected chi connectivity index (χ2v) is 5.91. The Morgan fingerprint density at radius 2 is 2.29 bits per heavy atom. The molecule has 3 aromatic rings. The summed E-state index contributed by atoms with van der Waals surface area (Å²) in [6.45, 7) is 0. The first-order valence-corrected chi connectivity index (χ1v) is 7.78. The summed E-state index contributed by atoms with van der Waals surface area (Å²) < 4.78 is 1.40. The summed E-state index contributed by atoms with van der Waals surface area (Å²) in [6, 6.07) is 5.16. The molecule has 0 unspecified atom stereocenters. The fourth-order valence-corrected chi connectivity index (χ4v) is 3.37. The highest BCUT2D eigenvalue weighted by Gasteiger charge is 2.15. The first kappa shape index (κ1) is 13.8. The molecule has 0 saturated carbocycles. The van der Waals surface area contributed by atoms with Gasteiger partial charge in [0, 0.05) is 6.20 Å². The van der Waals surface area contributed by atoms with Gasteiger partial charge in [0.1, 0.15) is 4.83 Å². The molecule has 0 atom stereocenters. The lowest BCUT2D eigenvalue weighted by Gasteiger charge is -2.10. The van der Waals surface area contributed by atoms with E-state index in [4.69, 9.17) is 5.11 Å². The van der Waals surface area contributed by atoms with E-state index in [9.17, 15) is 9.59 Å². The van der Waals surface area contributed by atoms with Crippen LogP contribution in [0.3, 0.4) is 0 Å². The van der Waals surface area contributed by atoms with Gasteiger partial charge in [-0.1, -0.05) is 11.8 Å². The largest absolute Gasteiger partial charge is 0.481 e. The molecule has 8 heteroatoms. The van der Waals surface area contributed by atoms with E-state index >= 15 is 0 Å². The lowest BCUT2D eigenvalue weighted by atomic mass is 10.3. The van der Waals surface area contributed by atoms with Gasteiger partial charge in [0.05, 0.1) is 23.0 Å². The van der Waals surface area contributed by atoms with Gasteiger partial charge in [-0.3, -0.25) is 19.1 Å². The summed E-state index contributed by atoms with van der Waals surface area (Å²) in [5.41, 5.74) is 0.345. The number of fused-ring (bicyclic) bond motifs is 1. The molecule has 0 aliphatic carbocycles. The highest BCUT2D eigenvalue weighted by Crippen LogP contribution is 2.23. The molecule has 0 spiro atoms. The number of thiophene rings is 1. The van der Waals surface area contributed by atoms with Crippen LogP contribution >= 0.6 is 23.1 Å². The first-order valence-electron chi connectivity index (χ1n) is 5.92. The van der Waals surface area contributed by atoms with Crippen LogP contribution in [0.2, 0.25) is 0 Å². The van der Waals surface area contributed by atoms with Crippen molar-refractivity contribution < 1.29 is 9.90 Å². The second-order valence-electron chi connectivity index (χ2n) is 4.07. The minimum absolute atomic E-state index is 0.163. The summed E-state index contributed by atoms with van der Waals surface area (Å²) in [7, 11) is 0. The van der Waals surface area contributed by atoms with E-state index in [1.54, 1.807) is 36.0 Å². The van der Waals surface area contributed by atoms with E-state index in [0.717, 1.165) is 11.8 Å². The fraction of sp³-hybridized carbons (Fsp3) is 0.0769. The minimum atomic E-state index is -0.960. The molecular weight excluding hydrogens is 310 g/mol. The van der Waals surface area contributed by atoms with Crippen LogP contribution in [0, 0.1) is 0 Å². The summed E-state index contributed by atoms with van der Waals surface area (Å²) in [6.07, 6.45) is 3.15. The number of carbonyl (C=O) groups is 1. The van der Waals surface area contributed by atoms with Gasteiger partial charge >= 0.3 is 5.97 Å². The summed E-state index contributed by atoms with van der Waals surface area (Å²) in [5.74, 6) is -1.12. The Bertz CT molecular complexity index is 858. The monoisotopic (exact) mass is 319 g/mol. The molecule has 3 heterocycles.